The third-order valence-electron chi connectivity index (χ3n) is 4.51. The van der Waals surface area contributed by atoms with Gasteiger partial charge in [0, 0.05) is 12.5 Å². The minimum Gasteiger partial charge on any atom is -0.353 e. The van der Waals surface area contributed by atoms with Crippen LogP contribution < -0.4 is 5.32 Å². The molecule has 1 N–H and O–H groups in total. The van der Waals surface area contributed by atoms with Gasteiger partial charge in [0.25, 0.3) is 0 Å². The van der Waals surface area contributed by atoms with E-state index in [0.29, 0.717) is 5.56 Å². The molecule has 9 heteroatoms. The van der Waals surface area contributed by atoms with Crippen molar-refractivity contribution in [1.29, 1.82) is 0 Å². The zero-order valence-electron chi connectivity index (χ0n) is 14.3. The molecule has 0 atom stereocenters. The number of amides is 1. The lowest BCUT2D eigenvalue weighted by atomic mass is 9.93. The molecule has 146 valence electrons. The maximum absolute atomic E-state index is 15.1. The highest BCUT2D eigenvalue weighted by Gasteiger charge is 2.47. The molecular weight excluding hydrogens is 374 g/mol. The predicted octanol–water partition coefficient (Wildman–Crippen LogP) is 3.84. The second-order valence-electron chi connectivity index (χ2n) is 6.66. The highest BCUT2D eigenvalue weighted by molar-refractivity contribution is 7.92. The first-order chi connectivity index (χ1) is 11.9. The number of carbonyl (C=O) groups excluding carboxylic acids is 1. The summed E-state index contributed by atoms with van der Waals surface area (Å²) >= 11 is 0. The SMILES string of the molecule is Cc1cccc(S(=O)(=O)C2(F)CCC(NC(=O)CCC(F)(F)F)CC2)c1. The van der Waals surface area contributed by atoms with Crippen LogP contribution >= 0.6 is 0 Å². The van der Waals surface area contributed by atoms with E-state index in [1.54, 1.807) is 13.0 Å². The summed E-state index contributed by atoms with van der Waals surface area (Å²) in [5.41, 5.74) is 0.695. The van der Waals surface area contributed by atoms with Crippen molar-refractivity contribution in [3.8, 4) is 0 Å². The van der Waals surface area contributed by atoms with E-state index in [1.165, 1.54) is 18.2 Å². The van der Waals surface area contributed by atoms with Gasteiger partial charge in [0.2, 0.25) is 20.7 Å². The summed E-state index contributed by atoms with van der Waals surface area (Å²) in [6, 6.07) is 5.47. The molecule has 4 nitrogen and oxygen atoms in total. The van der Waals surface area contributed by atoms with Crippen LogP contribution in [0.15, 0.2) is 29.2 Å². The topological polar surface area (TPSA) is 63.2 Å². The zero-order chi connectivity index (χ0) is 19.6. The average Bonchev–Trinajstić information content (AvgIpc) is 2.54. The average molecular weight is 395 g/mol. The molecule has 0 bridgehead atoms. The normalized spacial score (nSPS) is 24.3. The van der Waals surface area contributed by atoms with Gasteiger partial charge in [0.05, 0.1) is 11.3 Å². The molecule has 0 unspecified atom stereocenters. The van der Waals surface area contributed by atoms with Crippen LogP contribution in [0.4, 0.5) is 17.6 Å². The van der Waals surface area contributed by atoms with Gasteiger partial charge in [-0.2, -0.15) is 13.2 Å². The largest absolute Gasteiger partial charge is 0.389 e. The maximum Gasteiger partial charge on any atom is 0.389 e. The Kier molecular flexibility index (Phi) is 5.99. The molecule has 1 aromatic carbocycles. The number of aryl methyl sites for hydroxylation is 1. The summed E-state index contributed by atoms with van der Waals surface area (Å²) in [7, 11) is -4.19. The van der Waals surface area contributed by atoms with Crippen molar-refractivity contribution in [2.75, 3.05) is 0 Å². The van der Waals surface area contributed by atoms with Crippen LogP contribution in [-0.2, 0) is 14.6 Å². The molecule has 0 heterocycles. The van der Waals surface area contributed by atoms with Crippen LogP contribution in [0.2, 0.25) is 0 Å². The van der Waals surface area contributed by atoms with Gasteiger partial charge in [-0.1, -0.05) is 12.1 Å². The number of alkyl halides is 4. The molecule has 1 aliphatic rings. The van der Waals surface area contributed by atoms with Crippen molar-refractivity contribution in [2.45, 2.75) is 67.6 Å². The summed E-state index contributed by atoms with van der Waals surface area (Å²) in [6.07, 6.45) is -6.85. The Hall–Kier alpha value is -1.64. The van der Waals surface area contributed by atoms with E-state index < -0.39 is 45.8 Å². The van der Waals surface area contributed by atoms with Crippen LogP contribution in [0.1, 0.15) is 44.1 Å². The van der Waals surface area contributed by atoms with Crippen LogP contribution in [0.25, 0.3) is 0 Å². The molecule has 0 saturated heterocycles. The molecule has 1 fully saturated rings. The van der Waals surface area contributed by atoms with Gasteiger partial charge >= 0.3 is 6.18 Å². The van der Waals surface area contributed by atoms with Crippen molar-refractivity contribution in [1.82, 2.24) is 5.32 Å². The third kappa shape index (κ3) is 4.96. The van der Waals surface area contributed by atoms with E-state index >= 15 is 4.39 Å². The fourth-order valence-electron chi connectivity index (χ4n) is 3.01. The first-order valence-corrected chi connectivity index (χ1v) is 9.78. The fraction of sp³-hybridized carbons (Fsp3) is 0.588. The second-order valence-corrected chi connectivity index (χ2v) is 8.87. The summed E-state index contributed by atoms with van der Waals surface area (Å²) in [5.74, 6) is -0.764. The molecule has 1 aliphatic carbocycles. The quantitative estimate of drug-likeness (QED) is 0.771. The van der Waals surface area contributed by atoms with Gasteiger partial charge < -0.3 is 5.32 Å². The number of hydrogen-bond acceptors (Lipinski definition) is 3. The molecule has 26 heavy (non-hydrogen) atoms. The van der Waals surface area contributed by atoms with E-state index in [4.69, 9.17) is 0 Å². The third-order valence-corrected chi connectivity index (χ3v) is 6.76. The Morgan fingerprint density at radius 2 is 1.88 bits per heavy atom. The molecular formula is C17H21F4NO3S. The number of halogens is 4. The fourth-order valence-corrected chi connectivity index (χ4v) is 4.81. The van der Waals surface area contributed by atoms with Gasteiger partial charge in [-0.3, -0.25) is 4.79 Å². The van der Waals surface area contributed by atoms with Crippen LogP contribution in [0.5, 0.6) is 0 Å². The second kappa shape index (κ2) is 7.54. The number of carbonyl (C=O) groups is 1. The first-order valence-electron chi connectivity index (χ1n) is 8.29. The molecule has 2 rings (SSSR count). The van der Waals surface area contributed by atoms with Crippen molar-refractivity contribution in [2.24, 2.45) is 0 Å². The molecule has 1 amide bonds. The summed E-state index contributed by atoms with van der Waals surface area (Å²) in [4.78, 5) is 11.5. The van der Waals surface area contributed by atoms with Gasteiger partial charge in [-0.05, 0) is 50.3 Å². The minimum atomic E-state index is -4.42. The molecule has 0 aliphatic heterocycles. The molecule has 0 aromatic heterocycles. The monoisotopic (exact) mass is 395 g/mol. The van der Waals surface area contributed by atoms with E-state index in [1.807, 2.05) is 0 Å². The molecule has 0 spiro atoms. The highest BCUT2D eigenvalue weighted by Crippen LogP contribution is 2.40. The lowest BCUT2D eigenvalue weighted by Gasteiger charge is -2.34. The highest BCUT2D eigenvalue weighted by atomic mass is 32.2. The maximum atomic E-state index is 15.1. The smallest absolute Gasteiger partial charge is 0.353 e. The van der Waals surface area contributed by atoms with Gasteiger partial charge in [-0.25, -0.2) is 12.8 Å². The lowest BCUT2D eigenvalue weighted by Crippen LogP contribution is -2.45. The van der Waals surface area contributed by atoms with Crippen LogP contribution in [0, 0.1) is 6.92 Å². The summed E-state index contributed by atoms with van der Waals surface area (Å²) in [5, 5.41) is -0.00739. The Bertz CT molecular complexity index is 754. The number of nitrogens with one attached hydrogen (secondary N) is 1. The molecule has 1 aromatic rings. The van der Waals surface area contributed by atoms with E-state index in [-0.39, 0.29) is 30.6 Å². The molecule has 0 radical (unpaired) electrons. The van der Waals surface area contributed by atoms with Crippen molar-refractivity contribution >= 4 is 15.7 Å². The Morgan fingerprint density at radius 1 is 1.27 bits per heavy atom. The number of benzene rings is 1. The lowest BCUT2D eigenvalue weighted by molar-refractivity contribution is -0.144. The number of hydrogen-bond donors (Lipinski definition) is 1. The summed E-state index contributed by atoms with van der Waals surface area (Å²) < 4.78 is 76.7. The van der Waals surface area contributed by atoms with E-state index in [0.717, 1.165) is 0 Å². The van der Waals surface area contributed by atoms with Crippen molar-refractivity contribution in [3.63, 3.8) is 0 Å². The standard InChI is InChI=1S/C17H21F4NO3S/c1-12-3-2-4-14(11-12)26(24,25)16(18)8-5-13(6-9-16)22-15(23)7-10-17(19,20)21/h2-4,11,13H,5-10H2,1H3,(H,22,23). The first kappa shape index (κ1) is 20.7. The summed E-state index contributed by atoms with van der Waals surface area (Å²) in [6.45, 7) is 1.71. The van der Waals surface area contributed by atoms with Gasteiger partial charge in [0.15, 0.2) is 0 Å². The van der Waals surface area contributed by atoms with Crippen molar-refractivity contribution < 1.29 is 30.8 Å². The predicted molar refractivity (Wildman–Crippen MR) is 87.9 cm³/mol. The Morgan fingerprint density at radius 3 is 2.42 bits per heavy atom. The van der Waals surface area contributed by atoms with Gasteiger partial charge in [-0.15, -0.1) is 0 Å². The minimum absolute atomic E-state index is 0.0549. The Labute approximate surface area is 149 Å². The van der Waals surface area contributed by atoms with Crippen molar-refractivity contribution in [3.05, 3.63) is 29.8 Å². The van der Waals surface area contributed by atoms with Crippen LogP contribution in [-0.4, -0.2) is 31.5 Å². The van der Waals surface area contributed by atoms with Gasteiger partial charge in [0.1, 0.15) is 0 Å². The Balaban J connectivity index is 1.97. The molecule has 1 saturated carbocycles. The number of rotatable bonds is 5. The van der Waals surface area contributed by atoms with E-state index in [9.17, 15) is 26.4 Å². The zero-order valence-corrected chi connectivity index (χ0v) is 15.1. The van der Waals surface area contributed by atoms with E-state index in [2.05, 4.69) is 5.32 Å². The number of sulfone groups is 1. The van der Waals surface area contributed by atoms with Crippen LogP contribution in [0.3, 0.4) is 0 Å².